The molecule has 1 aromatic rings. The first kappa shape index (κ1) is 19.2. The molecule has 5 nitrogen and oxygen atoms in total. The lowest BCUT2D eigenvalue weighted by molar-refractivity contribution is 0.0105. The summed E-state index contributed by atoms with van der Waals surface area (Å²) in [6.45, 7) is 3.53. The fourth-order valence-electron chi connectivity index (χ4n) is 2.75. The Morgan fingerprint density at radius 3 is 3.00 bits per heavy atom. The Morgan fingerprint density at radius 2 is 2.25 bits per heavy atom. The lowest BCUT2D eigenvalue weighted by atomic mass is 10.1. The maximum absolute atomic E-state index is 5.78. The summed E-state index contributed by atoms with van der Waals surface area (Å²) in [5.41, 5.74) is 0. The Morgan fingerprint density at radius 1 is 1.33 bits per heavy atom. The molecule has 2 rings (SSSR count). The van der Waals surface area contributed by atoms with Gasteiger partial charge >= 0.3 is 0 Å². The van der Waals surface area contributed by atoms with Crippen LogP contribution in [-0.2, 0) is 11.2 Å². The van der Waals surface area contributed by atoms with Crippen molar-refractivity contribution in [3.05, 3.63) is 24.2 Å². The zero-order valence-corrected chi connectivity index (χ0v) is 15.6. The maximum Gasteiger partial charge on any atom is 0.191 e. The third-order valence-corrected chi connectivity index (χ3v) is 4.68. The van der Waals surface area contributed by atoms with Crippen molar-refractivity contribution in [1.29, 1.82) is 0 Å². The van der Waals surface area contributed by atoms with Gasteiger partial charge in [0.2, 0.25) is 0 Å². The zero-order chi connectivity index (χ0) is 16.9. The van der Waals surface area contributed by atoms with Crippen LogP contribution in [0.25, 0.3) is 0 Å². The molecule has 1 aromatic heterocycles. The van der Waals surface area contributed by atoms with Gasteiger partial charge < -0.3 is 19.8 Å². The first-order valence-electron chi connectivity index (χ1n) is 9.03. The molecule has 1 unspecified atom stereocenters. The Bertz CT molecular complexity index is 445. The SMILES string of the molecule is CSCCNC(=NCCCC1CCCCO1)NCCc1ccco1. The predicted molar refractivity (Wildman–Crippen MR) is 102 cm³/mol. The number of rotatable bonds is 10. The summed E-state index contributed by atoms with van der Waals surface area (Å²) in [6, 6.07) is 3.93. The average molecular weight is 354 g/mol. The minimum Gasteiger partial charge on any atom is -0.469 e. The molecule has 1 aliphatic heterocycles. The molecule has 2 N–H and O–H groups in total. The van der Waals surface area contributed by atoms with Crippen molar-refractivity contribution in [2.45, 2.75) is 44.6 Å². The molecule has 6 heteroatoms. The molecule has 24 heavy (non-hydrogen) atoms. The van der Waals surface area contributed by atoms with E-state index in [0.29, 0.717) is 6.10 Å². The fourth-order valence-corrected chi connectivity index (χ4v) is 3.06. The number of furan rings is 1. The number of nitrogens with one attached hydrogen (secondary N) is 2. The van der Waals surface area contributed by atoms with Gasteiger partial charge in [-0.2, -0.15) is 11.8 Å². The molecule has 1 atom stereocenters. The molecule has 0 amide bonds. The van der Waals surface area contributed by atoms with E-state index in [1.807, 2.05) is 23.9 Å². The van der Waals surface area contributed by atoms with Crippen molar-refractivity contribution in [2.24, 2.45) is 4.99 Å². The average Bonchev–Trinajstić information content (AvgIpc) is 3.13. The second-order valence-corrected chi connectivity index (χ2v) is 7.02. The van der Waals surface area contributed by atoms with Crippen LogP contribution in [0, 0.1) is 0 Å². The summed E-state index contributed by atoms with van der Waals surface area (Å²) in [5, 5.41) is 6.79. The van der Waals surface area contributed by atoms with E-state index in [-0.39, 0.29) is 0 Å². The van der Waals surface area contributed by atoms with Gasteiger partial charge in [0, 0.05) is 38.4 Å². The van der Waals surface area contributed by atoms with Gasteiger partial charge in [-0.3, -0.25) is 4.99 Å². The lowest BCUT2D eigenvalue weighted by Crippen LogP contribution is -2.39. The largest absolute Gasteiger partial charge is 0.469 e. The van der Waals surface area contributed by atoms with Gasteiger partial charge in [-0.25, -0.2) is 0 Å². The highest BCUT2D eigenvalue weighted by atomic mass is 32.2. The Labute approximate surface area is 150 Å². The van der Waals surface area contributed by atoms with Gasteiger partial charge in [-0.15, -0.1) is 0 Å². The van der Waals surface area contributed by atoms with E-state index in [1.54, 1.807) is 6.26 Å². The van der Waals surface area contributed by atoms with Gasteiger partial charge in [0.1, 0.15) is 5.76 Å². The van der Waals surface area contributed by atoms with E-state index >= 15 is 0 Å². The monoisotopic (exact) mass is 353 g/mol. The zero-order valence-electron chi connectivity index (χ0n) is 14.8. The number of nitrogens with zero attached hydrogens (tertiary/aromatic N) is 1. The number of hydrogen-bond donors (Lipinski definition) is 2. The number of guanidine groups is 1. The van der Waals surface area contributed by atoms with Crippen molar-refractivity contribution >= 4 is 17.7 Å². The van der Waals surface area contributed by atoms with E-state index in [9.17, 15) is 0 Å². The lowest BCUT2D eigenvalue weighted by Gasteiger charge is -2.22. The van der Waals surface area contributed by atoms with Crippen molar-refractivity contribution in [1.82, 2.24) is 10.6 Å². The molecule has 0 bridgehead atoms. The van der Waals surface area contributed by atoms with Crippen LogP contribution in [0.2, 0.25) is 0 Å². The van der Waals surface area contributed by atoms with Gasteiger partial charge in [-0.05, 0) is 50.5 Å². The quantitative estimate of drug-likeness (QED) is 0.385. The molecule has 0 spiro atoms. The van der Waals surface area contributed by atoms with E-state index in [4.69, 9.17) is 14.1 Å². The molecule has 2 heterocycles. The minimum atomic E-state index is 0.453. The maximum atomic E-state index is 5.78. The second-order valence-electron chi connectivity index (χ2n) is 6.04. The Hall–Kier alpha value is -1.14. The molecule has 0 saturated carbocycles. The van der Waals surface area contributed by atoms with Crippen molar-refractivity contribution in [2.75, 3.05) is 38.2 Å². The Balaban J connectivity index is 1.66. The van der Waals surface area contributed by atoms with E-state index < -0.39 is 0 Å². The summed E-state index contributed by atoms with van der Waals surface area (Å²) in [4.78, 5) is 4.70. The first-order valence-corrected chi connectivity index (χ1v) is 10.4. The van der Waals surface area contributed by atoms with Gasteiger partial charge in [-0.1, -0.05) is 0 Å². The molecular weight excluding hydrogens is 322 g/mol. The molecule has 0 aromatic carbocycles. The topological polar surface area (TPSA) is 58.8 Å². The second kappa shape index (κ2) is 12.3. The molecule has 136 valence electrons. The molecule has 1 fully saturated rings. The van der Waals surface area contributed by atoms with Crippen LogP contribution in [0.1, 0.15) is 37.9 Å². The third kappa shape index (κ3) is 8.11. The molecule has 0 radical (unpaired) electrons. The van der Waals surface area contributed by atoms with Crippen LogP contribution in [0.5, 0.6) is 0 Å². The number of thioether (sulfide) groups is 1. The van der Waals surface area contributed by atoms with E-state index in [1.165, 1.54) is 19.3 Å². The summed E-state index contributed by atoms with van der Waals surface area (Å²) in [6.07, 6.45) is 11.1. The van der Waals surface area contributed by atoms with Gasteiger partial charge in [0.25, 0.3) is 0 Å². The van der Waals surface area contributed by atoms with Crippen LogP contribution < -0.4 is 10.6 Å². The van der Waals surface area contributed by atoms with Crippen LogP contribution in [0.4, 0.5) is 0 Å². The van der Waals surface area contributed by atoms with E-state index in [2.05, 4.69) is 16.9 Å². The number of hydrogen-bond acceptors (Lipinski definition) is 4. The van der Waals surface area contributed by atoms with Crippen molar-refractivity contribution in [3.8, 4) is 0 Å². The fraction of sp³-hybridized carbons (Fsp3) is 0.722. The first-order chi connectivity index (χ1) is 11.9. The summed E-state index contributed by atoms with van der Waals surface area (Å²) in [7, 11) is 0. The Kier molecular flexibility index (Phi) is 9.80. The highest BCUT2D eigenvalue weighted by Crippen LogP contribution is 2.16. The molecule has 0 aliphatic carbocycles. The summed E-state index contributed by atoms with van der Waals surface area (Å²) >= 11 is 1.84. The summed E-state index contributed by atoms with van der Waals surface area (Å²) < 4.78 is 11.1. The normalized spacial score (nSPS) is 18.5. The van der Waals surface area contributed by atoms with Crippen LogP contribution in [-0.4, -0.2) is 50.3 Å². The minimum absolute atomic E-state index is 0.453. The standard InChI is InChI=1S/C18H31N3O2S/c1-24-15-12-21-18(20-11-9-17-8-5-14-23-17)19-10-4-7-16-6-2-3-13-22-16/h5,8,14,16H,2-4,6-7,9-13,15H2,1H3,(H2,19,20,21). The van der Waals surface area contributed by atoms with Crippen LogP contribution in [0.3, 0.4) is 0 Å². The van der Waals surface area contributed by atoms with Crippen LogP contribution in [0.15, 0.2) is 27.8 Å². The highest BCUT2D eigenvalue weighted by Gasteiger charge is 2.12. The van der Waals surface area contributed by atoms with Gasteiger partial charge in [0.15, 0.2) is 5.96 Å². The van der Waals surface area contributed by atoms with Crippen molar-refractivity contribution in [3.63, 3.8) is 0 Å². The third-order valence-electron chi connectivity index (χ3n) is 4.07. The molecular formula is C18H31N3O2S. The highest BCUT2D eigenvalue weighted by molar-refractivity contribution is 7.98. The number of aliphatic imine (C=N–C) groups is 1. The molecule has 1 saturated heterocycles. The van der Waals surface area contributed by atoms with Gasteiger partial charge in [0.05, 0.1) is 12.4 Å². The summed E-state index contributed by atoms with van der Waals surface area (Å²) in [5.74, 6) is 2.98. The van der Waals surface area contributed by atoms with E-state index in [0.717, 1.165) is 63.0 Å². The number of ether oxygens (including phenoxy) is 1. The molecule has 1 aliphatic rings. The van der Waals surface area contributed by atoms with Crippen LogP contribution >= 0.6 is 11.8 Å². The smallest absolute Gasteiger partial charge is 0.191 e. The van der Waals surface area contributed by atoms with Crippen molar-refractivity contribution < 1.29 is 9.15 Å². The predicted octanol–water partition coefficient (Wildman–Crippen LogP) is 3.07.